The molecule has 0 saturated heterocycles. The van der Waals surface area contributed by atoms with Gasteiger partial charge in [-0.05, 0) is 37.0 Å². The van der Waals surface area contributed by atoms with Crippen LogP contribution in [0.4, 0.5) is 5.82 Å². The molecule has 2 rings (SSSR count). The molecule has 1 atom stereocenters. The predicted octanol–water partition coefficient (Wildman–Crippen LogP) is 1.99. The van der Waals surface area contributed by atoms with Gasteiger partial charge in [0.2, 0.25) is 5.91 Å². The monoisotopic (exact) mass is 348 g/mol. The summed E-state index contributed by atoms with van der Waals surface area (Å²) in [6.07, 6.45) is 0. The zero-order valence-electron chi connectivity index (χ0n) is 14.5. The quantitative estimate of drug-likeness (QED) is 0.605. The van der Waals surface area contributed by atoms with Gasteiger partial charge >= 0.3 is 5.82 Å². The van der Waals surface area contributed by atoms with Gasteiger partial charge in [-0.2, -0.15) is 4.68 Å². The third-order valence-corrected chi connectivity index (χ3v) is 3.73. The lowest BCUT2D eigenvalue weighted by atomic mass is 10.1. The zero-order valence-corrected chi connectivity index (χ0v) is 14.5. The second-order valence-electron chi connectivity index (χ2n) is 5.46. The molecule has 0 spiro atoms. The number of ether oxygens (including phenoxy) is 2. The Morgan fingerprint density at radius 3 is 2.64 bits per heavy atom. The number of carbonyl (C=O) groups is 1. The van der Waals surface area contributed by atoms with Crippen LogP contribution in [0.2, 0.25) is 0 Å². The van der Waals surface area contributed by atoms with Gasteiger partial charge < -0.3 is 24.9 Å². The SMILES string of the molecule is COc1ccc(OC)c(C(C)NC(=O)Cn2nc([N+](=O)[O-])cc2C)c1. The standard InChI is InChI=1S/C16H20N4O5/c1-10-7-15(20(22)23)18-19(10)9-16(21)17-11(2)13-8-12(24-3)5-6-14(13)25-4/h5-8,11H,9H2,1-4H3,(H,17,21). The number of aryl methyl sites for hydroxylation is 1. The highest BCUT2D eigenvalue weighted by atomic mass is 16.6. The number of nitrogens with zero attached hydrogens (tertiary/aromatic N) is 3. The normalized spacial score (nSPS) is 11.7. The first-order valence-corrected chi connectivity index (χ1v) is 7.55. The van der Waals surface area contributed by atoms with Crippen LogP contribution in [0.3, 0.4) is 0 Å². The van der Waals surface area contributed by atoms with E-state index in [1.165, 1.54) is 10.7 Å². The molecule has 1 N–H and O–H groups in total. The molecule has 0 aliphatic carbocycles. The van der Waals surface area contributed by atoms with Crippen LogP contribution >= 0.6 is 0 Å². The minimum atomic E-state index is -0.592. The fourth-order valence-corrected chi connectivity index (χ4v) is 2.42. The van der Waals surface area contributed by atoms with Crippen molar-refractivity contribution >= 4 is 11.7 Å². The van der Waals surface area contributed by atoms with Gasteiger partial charge in [0.05, 0.1) is 37.1 Å². The largest absolute Gasteiger partial charge is 0.497 e. The Balaban J connectivity index is 2.11. The van der Waals surface area contributed by atoms with Crippen molar-refractivity contribution in [2.75, 3.05) is 14.2 Å². The average Bonchev–Trinajstić information content (AvgIpc) is 2.95. The number of amides is 1. The molecule has 1 aromatic carbocycles. The fourth-order valence-electron chi connectivity index (χ4n) is 2.42. The average molecular weight is 348 g/mol. The van der Waals surface area contributed by atoms with Crippen molar-refractivity contribution in [3.63, 3.8) is 0 Å². The molecule has 0 radical (unpaired) electrons. The smallest absolute Gasteiger partial charge is 0.390 e. The highest BCUT2D eigenvalue weighted by Crippen LogP contribution is 2.29. The Hall–Kier alpha value is -3.10. The van der Waals surface area contributed by atoms with Gasteiger partial charge in [0.25, 0.3) is 0 Å². The Kier molecular flexibility index (Phi) is 5.58. The number of hydrogen-bond donors (Lipinski definition) is 1. The first-order chi connectivity index (χ1) is 11.8. The van der Waals surface area contributed by atoms with Gasteiger partial charge in [0, 0.05) is 5.56 Å². The van der Waals surface area contributed by atoms with Crippen LogP contribution in [-0.4, -0.2) is 34.8 Å². The summed E-state index contributed by atoms with van der Waals surface area (Å²) in [6.45, 7) is 3.35. The molecule has 1 aromatic heterocycles. The number of rotatable bonds is 7. The van der Waals surface area contributed by atoms with Crippen LogP contribution in [-0.2, 0) is 11.3 Å². The first kappa shape index (κ1) is 18.2. The summed E-state index contributed by atoms with van der Waals surface area (Å²) in [7, 11) is 3.11. The van der Waals surface area contributed by atoms with Crippen molar-refractivity contribution in [3.05, 3.63) is 45.6 Å². The highest BCUT2D eigenvalue weighted by molar-refractivity contribution is 5.76. The summed E-state index contributed by atoms with van der Waals surface area (Å²) >= 11 is 0. The zero-order chi connectivity index (χ0) is 18.6. The number of hydrogen-bond acceptors (Lipinski definition) is 6. The summed E-state index contributed by atoms with van der Waals surface area (Å²) in [5.41, 5.74) is 1.30. The van der Waals surface area contributed by atoms with Crippen molar-refractivity contribution < 1.29 is 19.2 Å². The number of nitrogens with one attached hydrogen (secondary N) is 1. The number of carbonyl (C=O) groups excluding carboxylic acids is 1. The second-order valence-corrected chi connectivity index (χ2v) is 5.46. The lowest BCUT2D eigenvalue weighted by molar-refractivity contribution is -0.389. The van der Waals surface area contributed by atoms with E-state index in [9.17, 15) is 14.9 Å². The van der Waals surface area contributed by atoms with Gasteiger partial charge in [0.1, 0.15) is 18.0 Å². The molecule has 0 aliphatic heterocycles. The molecule has 25 heavy (non-hydrogen) atoms. The maximum absolute atomic E-state index is 12.3. The molecular weight excluding hydrogens is 328 g/mol. The minimum Gasteiger partial charge on any atom is -0.497 e. The molecule has 134 valence electrons. The molecular formula is C16H20N4O5. The van der Waals surface area contributed by atoms with Crippen molar-refractivity contribution in [1.29, 1.82) is 0 Å². The maximum atomic E-state index is 12.3. The van der Waals surface area contributed by atoms with Crippen molar-refractivity contribution in [3.8, 4) is 11.5 Å². The second kappa shape index (κ2) is 7.65. The maximum Gasteiger partial charge on any atom is 0.390 e. The molecule has 2 aromatic rings. The van der Waals surface area contributed by atoms with Crippen molar-refractivity contribution in [2.45, 2.75) is 26.4 Å². The lowest BCUT2D eigenvalue weighted by Gasteiger charge is -2.18. The van der Waals surface area contributed by atoms with Crippen LogP contribution < -0.4 is 14.8 Å². The summed E-state index contributed by atoms with van der Waals surface area (Å²) in [5.74, 6) is 0.668. The van der Waals surface area contributed by atoms with E-state index in [2.05, 4.69) is 10.4 Å². The molecule has 0 bridgehead atoms. The van der Waals surface area contributed by atoms with E-state index in [0.717, 1.165) is 5.56 Å². The van der Waals surface area contributed by atoms with Crippen LogP contribution in [0.1, 0.15) is 24.2 Å². The Labute approximate surface area is 144 Å². The number of benzene rings is 1. The topological polar surface area (TPSA) is 109 Å². The number of nitro groups is 1. The summed E-state index contributed by atoms with van der Waals surface area (Å²) in [4.78, 5) is 22.4. The first-order valence-electron chi connectivity index (χ1n) is 7.55. The minimum absolute atomic E-state index is 0.115. The Morgan fingerprint density at radius 2 is 2.08 bits per heavy atom. The van der Waals surface area contributed by atoms with E-state index >= 15 is 0 Å². The van der Waals surface area contributed by atoms with Gasteiger partial charge in [-0.25, -0.2) is 0 Å². The van der Waals surface area contributed by atoms with Gasteiger partial charge in [-0.3, -0.25) is 4.79 Å². The van der Waals surface area contributed by atoms with Gasteiger partial charge in [-0.15, -0.1) is 0 Å². The van der Waals surface area contributed by atoms with Crippen LogP contribution in [0, 0.1) is 17.0 Å². The van der Waals surface area contributed by atoms with E-state index in [0.29, 0.717) is 17.2 Å². The van der Waals surface area contributed by atoms with E-state index < -0.39 is 4.92 Å². The summed E-state index contributed by atoms with van der Waals surface area (Å²) in [6, 6.07) is 6.29. The Bertz CT molecular complexity index is 787. The Morgan fingerprint density at radius 1 is 1.36 bits per heavy atom. The van der Waals surface area contributed by atoms with Gasteiger partial charge in [0.15, 0.2) is 0 Å². The molecule has 1 unspecified atom stereocenters. The molecule has 1 heterocycles. The third-order valence-electron chi connectivity index (χ3n) is 3.73. The van der Waals surface area contributed by atoms with Crippen LogP contribution in [0.25, 0.3) is 0 Å². The third kappa shape index (κ3) is 4.25. The van der Waals surface area contributed by atoms with Gasteiger partial charge in [-0.1, -0.05) is 0 Å². The van der Waals surface area contributed by atoms with Crippen molar-refractivity contribution in [2.24, 2.45) is 0 Å². The van der Waals surface area contributed by atoms with Crippen LogP contribution in [0.5, 0.6) is 11.5 Å². The molecule has 9 nitrogen and oxygen atoms in total. The highest BCUT2D eigenvalue weighted by Gasteiger charge is 2.20. The van der Waals surface area contributed by atoms with E-state index in [1.54, 1.807) is 39.3 Å². The molecule has 0 saturated carbocycles. The molecule has 0 aliphatic rings. The van der Waals surface area contributed by atoms with E-state index in [1.807, 2.05) is 6.92 Å². The van der Waals surface area contributed by atoms with Crippen LogP contribution in [0.15, 0.2) is 24.3 Å². The molecule has 9 heteroatoms. The molecule has 1 amide bonds. The number of aromatic nitrogens is 2. The fraction of sp³-hybridized carbons (Fsp3) is 0.375. The molecule has 0 fully saturated rings. The number of methoxy groups -OCH3 is 2. The summed E-state index contributed by atoms with van der Waals surface area (Å²) < 4.78 is 11.8. The van der Waals surface area contributed by atoms with E-state index in [-0.39, 0.29) is 24.3 Å². The lowest BCUT2D eigenvalue weighted by Crippen LogP contribution is -2.31. The van der Waals surface area contributed by atoms with E-state index in [4.69, 9.17) is 9.47 Å². The van der Waals surface area contributed by atoms with Crippen molar-refractivity contribution in [1.82, 2.24) is 15.1 Å². The predicted molar refractivity (Wildman–Crippen MR) is 89.7 cm³/mol. The summed E-state index contributed by atoms with van der Waals surface area (Å²) in [5, 5.41) is 17.4.